The molecule has 3 heterocycles. The zero-order chi connectivity index (χ0) is 18.0. The largest absolute Gasteiger partial charge is 0.467 e. The Morgan fingerprint density at radius 3 is 2.92 bits per heavy atom. The number of aromatic nitrogens is 1. The molecular weight excluding hydrogens is 340 g/mol. The molecule has 0 fully saturated rings. The maximum atomic E-state index is 12.7. The number of rotatable bonds is 5. The maximum Gasteiger partial charge on any atom is 0.338 e. The number of nitrogens with zero attached hydrogens (tertiary/aromatic N) is 2. The molecule has 0 saturated carbocycles. The van der Waals surface area contributed by atoms with Gasteiger partial charge in [0.05, 0.1) is 23.0 Å². The van der Waals surface area contributed by atoms with Gasteiger partial charge < -0.3 is 9.15 Å². The van der Waals surface area contributed by atoms with Crippen molar-refractivity contribution in [2.24, 2.45) is 4.99 Å². The van der Waals surface area contributed by atoms with E-state index in [1.54, 1.807) is 32.2 Å². The van der Waals surface area contributed by atoms with Crippen molar-refractivity contribution in [3.63, 3.8) is 0 Å². The first kappa shape index (κ1) is 17.4. The van der Waals surface area contributed by atoms with Crippen LogP contribution in [0.4, 0.5) is 0 Å². The molecule has 0 spiro atoms. The van der Waals surface area contributed by atoms with Crippen molar-refractivity contribution in [3.8, 4) is 0 Å². The van der Waals surface area contributed by atoms with E-state index in [0.717, 1.165) is 12.8 Å². The number of allylic oxidation sites excluding steroid dienone is 1. The molecule has 1 aliphatic rings. The summed E-state index contributed by atoms with van der Waals surface area (Å²) < 4.78 is 12.8. The number of carbonyl (C=O) groups is 1. The smallest absolute Gasteiger partial charge is 0.338 e. The summed E-state index contributed by atoms with van der Waals surface area (Å²) in [5.74, 6) is 0.0709. The zero-order valence-corrected chi connectivity index (χ0v) is 15.3. The number of thiazole rings is 1. The molecule has 0 unspecified atom stereocenters. The highest BCUT2D eigenvalue weighted by Gasteiger charge is 2.32. The number of hydrogen-bond donors (Lipinski definition) is 0. The predicted octanol–water partition coefficient (Wildman–Crippen LogP) is 2.25. The van der Waals surface area contributed by atoms with Gasteiger partial charge in [-0.25, -0.2) is 9.79 Å². The second-order valence-corrected chi connectivity index (χ2v) is 6.66. The molecule has 0 amide bonds. The highest BCUT2D eigenvalue weighted by atomic mass is 32.1. The fraction of sp³-hybridized carbons (Fsp3) is 0.389. The van der Waals surface area contributed by atoms with E-state index in [9.17, 15) is 9.59 Å². The molecule has 6 nitrogen and oxygen atoms in total. The minimum absolute atomic E-state index is 0.144. The minimum Gasteiger partial charge on any atom is -0.467 e. The summed E-state index contributed by atoms with van der Waals surface area (Å²) in [6.45, 7) is 5.80. The van der Waals surface area contributed by atoms with E-state index in [4.69, 9.17) is 9.15 Å². The van der Waals surface area contributed by atoms with Crippen LogP contribution in [-0.2, 0) is 9.53 Å². The highest BCUT2D eigenvalue weighted by molar-refractivity contribution is 7.07. The molecule has 132 valence electrons. The van der Waals surface area contributed by atoms with Crippen LogP contribution in [0.3, 0.4) is 0 Å². The van der Waals surface area contributed by atoms with Gasteiger partial charge >= 0.3 is 5.97 Å². The second-order valence-electron chi connectivity index (χ2n) is 5.65. The van der Waals surface area contributed by atoms with Gasteiger partial charge in [-0.1, -0.05) is 30.8 Å². The van der Waals surface area contributed by atoms with Crippen molar-refractivity contribution >= 4 is 29.1 Å². The SMILES string of the molecule is CCC/C=c1\sc2n(c1=O)C(C)=C(C(=O)OCC)[C@H](c1ccco1)N=2. The summed E-state index contributed by atoms with van der Waals surface area (Å²) in [5, 5.41) is 0. The van der Waals surface area contributed by atoms with E-state index >= 15 is 0 Å². The lowest BCUT2D eigenvalue weighted by Crippen LogP contribution is -2.35. The van der Waals surface area contributed by atoms with Gasteiger partial charge in [0.25, 0.3) is 5.56 Å². The average Bonchev–Trinajstić information content (AvgIpc) is 3.21. The molecule has 0 N–H and O–H groups in total. The molecule has 3 rings (SSSR count). The van der Waals surface area contributed by atoms with Crippen molar-refractivity contribution in [1.29, 1.82) is 0 Å². The lowest BCUT2D eigenvalue weighted by atomic mass is 10.0. The first-order valence-electron chi connectivity index (χ1n) is 8.30. The van der Waals surface area contributed by atoms with Crippen LogP contribution in [0, 0.1) is 0 Å². The molecule has 2 aromatic heterocycles. The lowest BCUT2D eigenvalue weighted by molar-refractivity contribution is -0.138. The predicted molar refractivity (Wildman–Crippen MR) is 95.7 cm³/mol. The van der Waals surface area contributed by atoms with Gasteiger partial charge in [-0.2, -0.15) is 0 Å². The third-order valence-corrected chi connectivity index (χ3v) is 5.00. The first-order valence-corrected chi connectivity index (χ1v) is 9.11. The molecule has 0 aromatic carbocycles. The molecular formula is C18H20N2O4S. The van der Waals surface area contributed by atoms with Crippen molar-refractivity contribution < 1.29 is 13.9 Å². The average molecular weight is 360 g/mol. The fourth-order valence-electron chi connectivity index (χ4n) is 2.78. The fourth-order valence-corrected chi connectivity index (χ4v) is 3.83. The Morgan fingerprint density at radius 1 is 1.48 bits per heavy atom. The van der Waals surface area contributed by atoms with Gasteiger partial charge in [-0.05, 0) is 32.4 Å². The molecule has 2 aromatic rings. The third-order valence-electron chi connectivity index (χ3n) is 3.97. The maximum absolute atomic E-state index is 12.7. The molecule has 1 atom stereocenters. The van der Waals surface area contributed by atoms with Crippen LogP contribution >= 0.6 is 11.3 Å². The monoisotopic (exact) mass is 360 g/mol. The number of esters is 1. The Bertz CT molecular complexity index is 979. The van der Waals surface area contributed by atoms with Crippen molar-refractivity contribution in [2.75, 3.05) is 6.61 Å². The van der Waals surface area contributed by atoms with Crippen LogP contribution in [0.5, 0.6) is 0 Å². The van der Waals surface area contributed by atoms with Gasteiger partial charge in [0, 0.05) is 5.70 Å². The van der Waals surface area contributed by atoms with Gasteiger partial charge in [0.1, 0.15) is 11.8 Å². The number of fused-ring (bicyclic) bond motifs is 1. The Hall–Kier alpha value is -2.41. The van der Waals surface area contributed by atoms with E-state index < -0.39 is 12.0 Å². The van der Waals surface area contributed by atoms with Crippen molar-refractivity contribution in [1.82, 2.24) is 4.57 Å². The Balaban J connectivity index is 2.25. The summed E-state index contributed by atoms with van der Waals surface area (Å²) in [6, 6.07) is 2.91. The summed E-state index contributed by atoms with van der Waals surface area (Å²) in [5.41, 5.74) is 0.739. The van der Waals surface area contributed by atoms with Gasteiger partial charge in [0.2, 0.25) is 0 Å². The lowest BCUT2D eigenvalue weighted by Gasteiger charge is -2.20. The Labute approximate surface area is 148 Å². The van der Waals surface area contributed by atoms with Gasteiger partial charge in [-0.3, -0.25) is 9.36 Å². The second kappa shape index (κ2) is 7.23. The van der Waals surface area contributed by atoms with E-state index in [-0.39, 0.29) is 12.2 Å². The number of carbonyl (C=O) groups excluding carboxylic acids is 1. The first-order chi connectivity index (χ1) is 12.1. The van der Waals surface area contributed by atoms with E-state index in [2.05, 4.69) is 11.9 Å². The number of furan rings is 1. The summed E-state index contributed by atoms with van der Waals surface area (Å²) in [7, 11) is 0. The van der Waals surface area contributed by atoms with E-state index in [1.165, 1.54) is 15.9 Å². The third kappa shape index (κ3) is 3.11. The standard InChI is InChI=1S/C18H20N2O4S/c1-4-6-9-13-16(21)20-11(3)14(17(22)23-5-2)15(19-18(20)25-13)12-8-7-10-24-12/h7-10,15H,4-6H2,1-3H3/b13-9-/t15-/m0/s1. The van der Waals surface area contributed by atoms with Crippen LogP contribution in [0.25, 0.3) is 11.8 Å². The van der Waals surface area contributed by atoms with Crippen LogP contribution in [-0.4, -0.2) is 17.1 Å². The van der Waals surface area contributed by atoms with Crippen LogP contribution in [0.1, 0.15) is 45.4 Å². The Kier molecular flexibility index (Phi) is 5.03. The van der Waals surface area contributed by atoms with Crippen LogP contribution in [0.2, 0.25) is 0 Å². The zero-order valence-electron chi connectivity index (χ0n) is 14.4. The minimum atomic E-state index is -0.605. The van der Waals surface area contributed by atoms with E-state index in [0.29, 0.717) is 26.4 Å². The number of hydrogen-bond acceptors (Lipinski definition) is 6. The molecule has 0 aliphatic carbocycles. The quantitative estimate of drug-likeness (QED) is 0.767. The van der Waals surface area contributed by atoms with Gasteiger partial charge in [-0.15, -0.1) is 0 Å². The Morgan fingerprint density at radius 2 is 2.28 bits per heavy atom. The van der Waals surface area contributed by atoms with Crippen molar-refractivity contribution in [3.05, 3.63) is 49.4 Å². The molecule has 25 heavy (non-hydrogen) atoms. The number of unbranched alkanes of at least 4 members (excludes halogenated alkanes) is 1. The molecule has 1 aliphatic heterocycles. The molecule has 0 bridgehead atoms. The summed E-state index contributed by atoms with van der Waals surface area (Å²) in [4.78, 5) is 30.4. The molecule has 0 saturated heterocycles. The van der Waals surface area contributed by atoms with Crippen LogP contribution in [0.15, 0.2) is 38.2 Å². The van der Waals surface area contributed by atoms with Crippen LogP contribution < -0.4 is 14.9 Å². The highest BCUT2D eigenvalue weighted by Crippen LogP contribution is 2.32. The summed E-state index contributed by atoms with van der Waals surface area (Å²) >= 11 is 1.33. The summed E-state index contributed by atoms with van der Waals surface area (Å²) in [6.07, 6.45) is 5.25. The number of ether oxygens (including phenoxy) is 1. The molecule has 0 radical (unpaired) electrons. The normalized spacial score (nSPS) is 17.4. The molecule has 7 heteroatoms. The van der Waals surface area contributed by atoms with Crippen molar-refractivity contribution in [2.45, 2.75) is 39.7 Å². The topological polar surface area (TPSA) is 73.8 Å². The van der Waals surface area contributed by atoms with E-state index in [1.807, 2.05) is 6.08 Å². The van der Waals surface area contributed by atoms with Gasteiger partial charge in [0.15, 0.2) is 4.80 Å².